The van der Waals surface area contributed by atoms with Gasteiger partial charge in [0.2, 0.25) is 0 Å². The van der Waals surface area contributed by atoms with E-state index < -0.39 is 0 Å². The number of carbonyl (C=O) groups excluding carboxylic acids is 1. The summed E-state index contributed by atoms with van der Waals surface area (Å²) in [6, 6.07) is 0. The maximum Gasteiger partial charge on any atom is 0.273 e. The zero-order valence-corrected chi connectivity index (χ0v) is 5.87. The van der Waals surface area contributed by atoms with Gasteiger partial charge in [0.15, 0.2) is 5.69 Å². The minimum atomic E-state index is -0.260. The molecule has 1 heterocycles. The summed E-state index contributed by atoms with van der Waals surface area (Å²) in [5, 5.41) is 11.9. The third-order valence-electron chi connectivity index (χ3n) is 1.08. The number of nitrogens with two attached hydrogens (primary N) is 1. The van der Waals surface area contributed by atoms with Crippen LogP contribution in [0, 0.1) is 0 Å². The minimum absolute atomic E-state index is 0.260. The second-order valence-corrected chi connectivity index (χ2v) is 1.90. The number of H-pyrrole nitrogens is 1. The number of hydrogen-bond acceptors (Lipinski definition) is 4. The molecule has 0 unspecified atom stereocenters. The lowest BCUT2D eigenvalue weighted by atomic mass is 10.4. The topological polar surface area (TPSA) is 96.7 Å². The number of carbonyl (C=O) groups is 1. The first kappa shape index (κ1) is 7.67. The minimum Gasteiger partial charge on any atom is -0.349 e. The van der Waals surface area contributed by atoms with E-state index in [1.807, 2.05) is 0 Å². The SMILES string of the molecule is NCCNC(=O)c1cn[nH]n1. The molecule has 1 aromatic heterocycles. The quantitative estimate of drug-likeness (QED) is 0.494. The Morgan fingerprint density at radius 3 is 3.18 bits per heavy atom. The Balaban J connectivity index is 2.43. The van der Waals surface area contributed by atoms with Crippen molar-refractivity contribution in [3.05, 3.63) is 11.9 Å². The Labute approximate surface area is 63.2 Å². The van der Waals surface area contributed by atoms with Gasteiger partial charge < -0.3 is 11.1 Å². The molecule has 0 saturated heterocycles. The highest BCUT2D eigenvalue weighted by Crippen LogP contribution is 1.85. The molecule has 0 fully saturated rings. The lowest BCUT2D eigenvalue weighted by Gasteiger charge is -1.97. The molecule has 0 aliphatic carbocycles. The Kier molecular flexibility index (Phi) is 2.56. The van der Waals surface area contributed by atoms with E-state index in [-0.39, 0.29) is 11.6 Å². The molecule has 6 nitrogen and oxygen atoms in total. The van der Waals surface area contributed by atoms with Gasteiger partial charge >= 0.3 is 0 Å². The summed E-state index contributed by atoms with van der Waals surface area (Å²) < 4.78 is 0. The highest BCUT2D eigenvalue weighted by Gasteiger charge is 2.05. The first-order valence-electron chi connectivity index (χ1n) is 3.18. The second-order valence-electron chi connectivity index (χ2n) is 1.90. The Bertz CT molecular complexity index is 219. The molecule has 11 heavy (non-hydrogen) atoms. The highest BCUT2D eigenvalue weighted by atomic mass is 16.1. The summed E-state index contributed by atoms with van der Waals surface area (Å²) in [6.45, 7) is 0.870. The van der Waals surface area contributed by atoms with E-state index >= 15 is 0 Å². The molecular formula is C5H9N5O. The molecule has 1 rings (SSSR count). The Hall–Kier alpha value is -1.43. The average molecular weight is 155 g/mol. The van der Waals surface area contributed by atoms with E-state index in [4.69, 9.17) is 5.73 Å². The van der Waals surface area contributed by atoms with Gasteiger partial charge in [-0.15, -0.1) is 0 Å². The van der Waals surface area contributed by atoms with E-state index in [1.54, 1.807) is 0 Å². The van der Waals surface area contributed by atoms with E-state index in [2.05, 4.69) is 20.7 Å². The van der Waals surface area contributed by atoms with Crippen LogP contribution in [-0.2, 0) is 0 Å². The highest BCUT2D eigenvalue weighted by molar-refractivity contribution is 5.91. The third-order valence-corrected chi connectivity index (χ3v) is 1.08. The number of nitrogens with one attached hydrogen (secondary N) is 2. The van der Waals surface area contributed by atoms with E-state index in [0.717, 1.165) is 0 Å². The van der Waals surface area contributed by atoms with E-state index in [0.29, 0.717) is 13.1 Å². The maximum atomic E-state index is 11.0. The summed E-state index contributed by atoms with van der Waals surface area (Å²) in [6.07, 6.45) is 1.35. The van der Waals surface area contributed by atoms with E-state index in [1.165, 1.54) is 6.20 Å². The molecule has 0 bridgehead atoms. The summed E-state index contributed by atoms with van der Waals surface area (Å²) >= 11 is 0. The molecule has 1 amide bonds. The number of nitrogens with zero attached hydrogens (tertiary/aromatic N) is 2. The van der Waals surface area contributed by atoms with Crippen LogP contribution in [0.1, 0.15) is 10.5 Å². The standard InChI is InChI=1S/C5H9N5O/c6-1-2-7-5(11)4-3-8-10-9-4/h3H,1-2,6H2,(H,7,11)(H,8,9,10). The predicted molar refractivity (Wildman–Crippen MR) is 37.8 cm³/mol. The molecule has 0 radical (unpaired) electrons. The Morgan fingerprint density at radius 2 is 2.64 bits per heavy atom. The van der Waals surface area contributed by atoms with Crippen LogP contribution in [0.2, 0.25) is 0 Å². The van der Waals surface area contributed by atoms with Crippen molar-refractivity contribution in [1.29, 1.82) is 0 Å². The number of rotatable bonds is 3. The molecule has 0 atom stereocenters. The predicted octanol–water partition coefficient (Wildman–Crippen LogP) is -1.51. The van der Waals surface area contributed by atoms with Crippen LogP contribution in [0.15, 0.2) is 6.20 Å². The van der Waals surface area contributed by atoms with Crippen molar-refractivity contribution >= 4 is 5.91 Å². The molecule has 0 aromatic carbocycles. The Morgan fingerprint density at radius 1 is 1.82 bits per heavy atom. The second kappa shape index (κ2) is 3.67. The molecule has 60 valence electrons. The van der Waals surface area contributed by atoms with Gasteiger partial charge in [-0.05, 0) is 0 Å². The largest absolute Gasteiger partial charge is 0.349 e. The van der Waals surface area contributed by atoms with Gasteiger partial charge in [0, 0.05) is 13.1 Å². The van der Waals surface area contributed by atoms with Gasteiger partial charge in [-0.2, -0.15) is 15.4 Å². The van der Waals surface area contributed by atoms with Gasteiger partial charge in [-0.3, -0.25) is 4.79 Å². The van der Waals surface area contributed by atoms with Crippen LogP contribution < -0.4 is 11.1 Å². The molecule has 0 saturated carbocycles. The molecule has 1 aromatic rings. The van der Waals surface area contributed by atoms with Crippen molar-refractivity contribution in [2.45, 2.75) is 0 Å². The number of hydrogen-bond donors (Lipinski definition) is 3. The average Bonchev–Trinajstić information content (AvgIpc) is 2.52. The zero-order chi connectivity index (χ0) is 8.10. The fourth-order valence-corrected chi connectivity index (χ4v) is 0.587. The summed E-state index contributed by atoms with van der Waals surface area (Å²) in [5.74, 6) is -0.260. The number of aromatic amines is 1. The third kappa shape index (κ3) is 2.01. The van der Waals surface area contributed by atoms with Crippen molar-refractivity contribution in [3.8, 4) is 0 Å². The normalized spacial score (nSPS) is 9.55. The molecule has 4 N–H and O–H groups in total. The lowest BCUT2D eigenvalue weighted by molar-refractivity contribution is 0.0950. The molecule has 6 heteroatoms. The van der Waals surface area contributed by atoms with Crippen molar-refractivity contribution in [3.63, 3.8) is 0 Å². The van der Waals surface area contributed by atoms with Crippen molar-refractivity contribution in [2.24, 2.45) is 5.73 Å². The number of amides is 1. The summed E-state index contributed by atoms with van der Waals surface area (Å²) in [4.78, 5) is 11.0. The van der Waals surface area contributed by atoms with Gasteiger partial charge in [-0.1, -0.05) is 0 Å². The van der Waals surface area contributed by atoms with Crippen LogP contribution in [0.25, 0.3) is 0 Å². The van der Waals surface area contributed by atoms with Crippen LogP contribution in [0.3, 0.4) is 0 Å². The van der Waals surface area contributed by atoms with Crippen LogP contribution in [0.5, 0.6) is 0 Å². The monoisotopic (exact) mass is 155 g/mol. The molecule has 0 spiro atoms. The molecular weight excluding hydrogens is 146 g/mol. The first-order valence-corrected chi connectivity index (χ1v) is 3.18. The van der Waals surface area contributed by atoms with Crippen LogP contribution >= 0.6 is 0 Å². The first-order chi connectivity index (χ1) is 5.34. The van der Waals surface area contributed by atoms with Crippen LogP contribution in [0.4, 0.5) is 0 Å². The van der Waals surface area contributed by atoms with Crippen LogP contribution in [-0.4, -0.2) is 34.4 Å². The van der Waals surface area contributed by atoms with Crippen molar-refractivity contribution in [2.75, 3.05) is 13.1 Å². The summed E-state index contributed by atoms with van der Waals surface area (Å²) in [7, 11) is 0. The van der Waals surface area contributed by atoms with Gasteiger partial charge in [0.25, 0.3) is 5.91 Å². The zero-order valence-electron chi connectivity index (χ0n) is 5.87. The van der Waals surface area contributed by atoms with Crippen molar-refractivity contribution < 1.29 is 4.79 Å². The smallest absolute Gasteiger partial charge is 0.273 e. The maximum absolute atomic E-state index is 11.0. The van der Waals surface area contributed by atoms with E-state index in [9.17, 15) is 4.79 Å². The number of aromatic nitrogens is 3. The summed E-state index contributed by atoms with van der Waals surface area (Å²) in [5.41, 5.74) is 5.45. The molecule has 0 aliphatic rings. The van der Waals surface area contributed by atoms with Crippen molar-refractivity contribution in [1.82, 2.24) is 20.7 Å². The van der Waals surface area contributed by atoms with Gasteiger partial charge in [0.05, 0.1) is 6.20 Å². The van der Waals surface area contributed by atoms with Gasteiger partial charge in [0.1, 0.15) is 0 Å². The fourth-order valence-electron chi connectivity index (χ4n) is 0.587. The van der Waals surface area contributed by atoms with Gasteiger partial charge in [-0.25, -0.2) is 0 Å². The molecule has 0 aliphatic heterocycles. The fraction of sp³-hybridized carbons (Fsp3) is 0.400. The lowest BCUT2D eigenvalue weighted by Crippen LogP contribution is -2.29.